The minimum Gasteiger partial charge on any atom is -0.496 e. The molecule has 1 aliphatic rings. The van der Waals surface area contributed by atoms with Crippen LogP contribution in [0.5, 0.6) is 11.5 Å². The number of ether oxygens (including phenoxy) is 2. The van der Waals surface area contributed by atoms with E-state index in [4.69, 9.17) is 20.9 Å². The van der Waals surface area contributed by atoms with E-state index in [2.05, 4.69) is 5.92 Å². The summed E-state index contributed by atoms with van der Waals surface area (Å²) in [4.78, 5) is 35.3. The van der Waals surface area contributed by atoms with Crippen molar-refractivity contribution in [3.63, 3.8) is 0 Å². The van der Waals surface area contributed by atoms with Crippen molar-refractivity contribution in [1.29, 1.82) is 0 Å². The lowest BCUT2D eigenvalue weighted by molar-refractivity contribution is -0.127. The number of allylic oxidation sites excluding steroid dienone is 1. The molecular formula is C33H31N3O4S. The van der Waals surface area contributed by atoms with Crippen LogP contribution in [0.25, 0.3) is 16.8 Å². The highest BCUT2D eigenvalue weighted by Gasteiger charge is 2.36. The minimum absolute atomic E-state index is 0.145. The first-order valence-electron chi connectivity index (χ1n) is 13.5. The van der Waals surface area contributed by atoms with Crippen LogP contribution in [0.4, 0.5) is 0 Å². The van der Waals surface area contributed by atoms with E-state index < -0.39 is 6.04 Å². The van der Waals surface area contributed by atoms with Crippen molar-refractivity contribution in [2.45, 2.75) is 26.8 Å². The van der Waals surface area contributed by atoms with Crippen LogP contribution in [0, 0.1) is 12.3 Å². The first kappa shape index (κ1) is 27.9. The SMILES string of the molecule is C#CCOc1ccc(/C=c2/sc3n(c2=O)[C@@H](c2c(OC)ccc4ccccc24)C(C(=O)N(CC)CC)=C(C)N=3)cc1. The fourth-order valence-corrected chi connectivity index (χ4v) is 6.27. The number of benzene rings is 3. The molecule has 1 aromatic heterocycles. The molecule has 0 saturated carbocycles. The van der Waals surface area contributed by atoms with Gasteiger partial charge in [0, 0.05) is 18.7 Å². The number of hydrogen-bond donors (Lipinski definition) is 0. The molecule has 0 radical (unpaired) electrons. The third kappa shape index (κ3) is 5.17. The summed E-state index contributed by atoms with van der Waals surface area (Å²) in [6, 6.07) is 18.5. The number of rotatable bonds is 8. The molecule has 4 aromatic rings. The molecule has 0 saturated heterocycles. The Morgan fingerprint density at radius 3 is 2.54 bits per heavy atom. The third-order valence-electron chi connectivity index (χ3n) is 7.23. The average molecular weight is 566 g/mol. The number of thiazole rings is 1. The molecule has 0 bridgehead atoms. The van der Waals surface area contributed by atoms with E-state index in [1.807, 2.05) is 87.5 Å². The van der Waals surface area contributed by atoms with Crippen molar-refractivity contribution in [3.05, 3.63) is 103 Å². The molecule has 41 heavy (non-hydrogen) atoms. The molecule has 1 aliphatic heterocycles. The van der Waals surface area contributed by atoms with Crippen molar-refractivity contribution in [2.24, 2.45) is 4.99 Å². The molecule has 7 nitrogen and oxygen atoms in total. The molecule has 0 spiro atoms. The second kappa shape index (κ2) is 11.9. The summed E-state index contributed by atoms with van der Waals surface area (Å²) in [5, 5.41) is 1.90. The number of amides is 1. The topological polar surface area (TPSA) is 73.1 Å². The second-order valence-corrected chi connectivity index (χ2v) is 10.5. The Bertz CT molecular complexity index is 1870. The predicted molar refractivity (Wildman–Crippen MR) is 163 cm³/mol. The van der Waals surface area contributed by atoms with E-state index in [0.717, 1.165) is 21.9 Å². The Morgan fingerprint density at radius 1 is 1.12 bits per heavy atom. The summed E-state index contributed by atoms with van der Waals surface area (Å²) in [6.45, 7) is 7.00. The Hall–Kier alpha value is -4.61. The zero-order valence-electron chi connectivity index (χ0n) is 23.5. The maximum atomic E-state index is 14.2. The van der Waals surface area contributed by atoms with Gasteiger partial charge in [0.25, 0.3) is 11.5 Å². The van der Waals surface area contributed by atoms with Crippen LogP contribution in [0.3, 0.4) is 0 Å². The zero-order chi connectivity index (χ0) is 29.1. The zero-order valence-corrected chi connectivity index (χ0v) is 24.3. The Kier molecular flexibility index (Phi) is 8.09. The van der Waals surface area contributed by atoms with Gasteiger partial charge < -0.3 is 14.4 Å². The molecule has 1 amide bonds. The summed E-state index contributed by atoms with van der Waals surface area (Å²) in [5.74, 6) is 3.56. The number of aromatic nitrogens is 1. The highest BCUT2D eigenvalue weighted by Crippen LogP contribution is 2.40. The summed E-state index contributed by atoms with van der Waals surface area (Å²) < 4.78 is 13.5. The number of terminal acetylenes is 1. The number of methoxy groups -OCH3 is 1. The molecule has 0 unspecified atom stereocenters. The van der Waals surface area contributed by atoms with Gasteiger partial charge in [0.15, 0.2) is 4.80 Å². The highest BCUT2D eigenvalue weighted by molar-refractivity contribution is 7.07. The van der Waals surface area contributed by atoms with Crippen molar-refractivity contribution in [1.82, 2.24) is 9.47 Å². The minimum atomic E-state index is -0.720. The molecule has 3 aromatic carbocycles. The Morgan fingerprint density at radius 2 is 1.85 bits per heavy atom. The van der Waals surface area contributed by atoms with Gasteiger partial charge in [0.1, 0.15) is 24.1 Å². The predicted octanol–water partition coefficient (Wildman–Crippen LogP) is 4.28. The van der Waals surface area contributed by atoms with E-state index in [0.29, 0.717) is 45.2 Å². The van der Waals surface area contributed by atoms with Crippen LogP contribution in [0.1, 0.15) is 37.9 Å². The molecule has 1 atom stereocenters. The lowest BCUT2D eigenvalue weighted by Crippen LogP contribution is -2.43. The molecule has 5 rings (SSSR count). The van der Waals surface area contributed by atoms with Gasteiger partial charge in [-0.1, -0.05) is 59.7 Å². The van der Waals surface area contributed by atoms with Crippen LogP contribution >= 0.6 is 11.3 Å². The molecule has 0 N–H and O–H groups in total. The van der Waals surface area contributed by atoms with E-state index >= 15 is 0 Å². The van der Waals surface area contributed by atoms with Gasteiger partial charge in [0.05, 0.1) is 22.9 Å². The molecule has 208 valence electrons. The van der Waals surface area contributed by atoms with E-state index in [-0.39, 0.29) is 18.1 Å². The summed E-state index contributed by atoms with van der Waals surface area (Å²) in [7, 11) is 1.61. The highest BCUT2D eigenvalue weighted by atomic mass is 32.1. The standard InChI is InChI=1S/C33H31N3O4S/c1-6-19-40-24-16-13-22(14-17-24)20-27-31(37)36-30(29-25-12-10-9-11-23(25)15-18-26(29)39-5)28(21(4)34-33(36)41-27)32(38)35(7-2)8-3/h1,9-18,20,30H,7-8,19H2,2-5H3/b27-20+/t30-/m1/s1. The molecule has 2 heterocycles. The molecular weight excluding hydrogens is 534 g/mol. The lowest BCUT2D eigenvalue weighted by Gasteiger charge is -2.30. The normalized spacial score (nSPS) is 14.8. The van der Waals surface area contributed by atoms with Gasteiger partial charge in [-0.3, -0.25) is 14.2 Å². The van der Waals surface area contributed by atoms with Gasteiger partial charge in [-0.15, -0.1) is 6.42 Å². The van der Waals surface area contributed by atoms with E-state index in [1.165, 1.54) is 11.3 Å². The summed E-state index contributed by atoms with van der Waals surface area (Å²) in [5.41, 5.74) is 2.43. The van der Waals surface area contributed by atoms with E-state index in [9.17, 15) is 9.59 Å². The third-order valence-corrected chi connectivity index (χ3v) is 8.21. The quantitative estimate of drug-likeness (QED) is 0.299. The van der Waals surface area contributed by atoms with E-state index in [1.54, 1.807) is 16.6 Å². The monoisotopic (exact) mass is 565 g/mol. The number of fused-ring (bicyclic) bond motifs is 2. The van der Waals surface area contributed by atoms with Crippen molar-refractivity contribution >= 4 is 34.1 Å². The van der Waals surface area contributed by atoms with Gasteiger partial charge in [-0.25, -0.2) is 4.99 Å². The van der Waals surface area contributed by atoms with Crippen LogP contribution < -0.4 is 24.4 Å². The Labute approximate surface area is 242 Å². The number of likely N-dealkylation sites (N-methyl/N-ethyl adjacent to an activating group) is 1. The van der Waals surface area contributed by atoms with Gasteiger partial charge >= 0.3 is 0 Å². The molecule has 0 aliphatic carbocycles. The first-order chi connectivity index (χ1) is 19.9. The molecule has 0 fully saturated rings. The maximum Gasteiger partial charge on any atom is 0.271 e. The number of nitrogens with zero attached hydrogens (tertiary/aromatic N) is 3. The maximum absolute atomic E-state index is 14.2. The summed E-state index contributed by atoms with van der Waals surface area (Å²) in [6.07, 6.45) is 7.12. The van der Waals surface area contributed by atoms with Crippen LogP contribution in [-0.4, -0.2) is 42.2 Å². The van der Waals surface area contributed by atoms with Crippen LogP contribution in [-0.2, 0) is 4.79 Å². The van der Waals surface area contributed by atoms with Crippen LogP contribution in [0.2, 0.25) is 0 Å². The van der Waals surface area contributed by atoms with Gasteiger partial charge in [-0.2, -0.15) is 0 Å². The number of carbonyl (C=O) groups is 1. The smallest absolute Gasteiger partial charge is 0.271 e. The van der Waals surface area contributed by atoms with Gasteiger partial charge in [0.2, 0.25) is 0 Å². The Balaban J connectivity index is 1.77. The van der Waals surface area contributed by atoms with Crippen molar-refractivity contribution < 1.29 is 14.3 Å². The fourth-order valence-electron chi connectivity index (χ4n) is 5.22. The fraction of sp³-hybridized carbons (Fsp3) is 0.242. The molecule has 8 heteroatoms. The average Bonchev–Trinajstić information content (AvgIpc) is 3.29. The largest absolute Gasteiger partial charge is 0.496 e. The number of hydrogen-bond acceptors (Lipinski definition) is 6. The van der Waals surface area contributed by atoms with Crippen LogP contribution in [0.15, 0.2) is 81.7 Å². The summed E-state index contributed by atoms with van der Waals surface area (Å²) >= 11 is 1.30. The second-order valence-electron chi connectivity index (χ2n) is 9.52. The van der Waals surface area contributed by atoms with Crippen molar-refractivity contribution in [2.75, 3.05) is 26.8 Å². The number of carbonyl (C=O) groups excluding carboxylic acids is 1. The van der Waals surface area contributed by atoms with Gasteiger partial charge in [-0.05, 0) is 61.4 Å². The lowest BCUT2D eigenvalue weighted by atomic mass is 9.90. The van der Waals surface area contributed by atoms with Crippen molar-refractivity contribution in [3.8, 4) is 23.8 Å². The first-order valence-corrected chi connectivity index (χ1v) is 14.3.